The minimum atomic E-state index is -0.670. The SMILES string of the molecule is CC=CN1C[C@@H](OC)C[C@H]1COc1c(N)ncnc1-c1cc(F)cc(NC(=O)c2ccc(C3CC3)cc2F)c1C. The van der Waals surface area contributed by atoms with Crippen molar-refractivity contribution < 1.29 is 23.0 Å². The summed E-state index contributed by atoms with van der Waals surface area (Å²) in [6.07, 6.45) is 8.11. The Kier molecular flexibility index (Phi) is 7.97. The van der Waals surface area contributed by atoms with Crippen LogP contribution in [0.3, 0.4) is 0 Å². The quantitative estimate of drug-likeness (QED) is 0.366. The van der Waals surface area contributed by atoms with Crippen LogP contribution in [0.5, 0.6) is 5.75 Å². The van der Waals surface area contributed by atoms with E-state index in [1.807, 2.05) is 19.2 Å². The lowest BCUT2D eigenvalue weighted by Gasteiger charge is -2.23. The van der Waals surface area contributed by atoms with Gasteiger partial charge in [0.05, 0.1) is 17.7 Å². The van der Waals surface area contributed by atoms with Gasteiger partial charge in [0.2, 0.25) is 0 Å². The lowest BCUT2D eigenvalue weighted by Crippen LogP contribution is -2.30. The summed E-state index contributed by atoms with van der Waals surface area (Å²) >= 11 is 0. The molecule has 0 spiro atoms. The normalized spacial score (nSPS) is 18.9. The summed E-state index contributed by atoms with van der Waals surface area (Å²) in [6, 6.07) is 7.16. The number of halogens is 2. The van der Waals surface area contributed by atoms with Gasteiger partial charge in [0, 0.05) is 24.9 Å². The largest absolute Gasteiger partial charge is 0.485 e. The monoisotopic (exact) mass is 549 g/mol. The maximum absolute atomic E-state index is 14.9. The van der Waals surface area contributed by atoms with E-state index in [-0.39, 0.29) is 41.6 Å². The van der Waals surface area contributed by atoms with Crippen LogP contribution in [-0.2, 0) is 4.74 Å². The number of nitrogens with zero attached hydrogens (tertiary/aromatic N) is 3. The van der Waals surface area contributed by atoms with Gasteiger partial charge in [-0.2, -0.15) is 0 Å². The molecule has 0 bridgehead atoms. The Morgan fingerprint density at radius 2 is 2.02 bits per heavy atom. The van der Waals surface area contributed by atoms with Crippen molar-refractivity contribution in [2.24, 2.45) is 0 Å². The molecule has 5 rings (SSSR count). The Balaban J connectivity index is 1.41. The Morgan fingerprint density at radius 3 is 2.73 bits per heavy atom. The van der Waals surface area contributed by atoms with E-state index >= 15 is 0 Å². The maximum atomic E-state index is 14.9. The van der Waals surface area contributed by atoms with Gasteiger partial charge in [-0.25, -0.2) is 18.7 Å². The number of likely N-dealkylation sites (tertiary alicyclic amines) is 1. The van der Waals surface area contributed by atoms with Crippen molar-refractivity contribution in [3.05, 3.63) is 77.3 Å². The first-order valence-electron chi connectivity index (χ1n) is 13.3. The summed E-state index contributed by atoms with van der Waals surface area (Å²) < 4.78 is 41.3. The van der Waals surface area contributed by atoms with Crippen LogP contribution >= 0.6 is 0 Å². The van der Waals surface area contributed by atoms with Crippen LogP contribution in [0.1, 0.15) is 53.6 Å². The van der Waals surface area contributed by atoms with E-state index in [4.69, 9.17) is 15.2 Å². The molecular weight excluding hydrogens is 516 g/mol. The Bertz CT molecular complexity index is 1440. The summed E-state index contributed by atoms with van der Waals surface area (Å²) in [7, 11) is 1.68. The van der Waals surface area contributed by atoms with Crippen molar-refractivity contribution in [2.45, 2.75) is 51.2 Å². The predicted molar refractivity (Wildman–Crippen MR) is 149 cm³/mol. The number of allylic oxidation sites excluding steroid dienone is 1. The van der Waals surface area contributed by atoms with Gasteiger partial charge in [0.25, 0.3) is 5.91 Å². The molecule has 0 unspecified atom stereocenters. The van der Waals surface area contributed by atoms with Crippen LogP contribution in [0.4, 0.5) is 20.3 Å². The highest BCUT2D eigenvalue weighted by Gasteiger charge is 2.31. The number of nitrogen functional groups attached to an aromatic ring is 1. The summed E-state index contributed by atoms with van der Waals surface area (Å²) in [5.41, 5.74) is 8.34. The second kappa shape index (κ2) is 11.6. The zero-order valence-corrected chi connectivity index (χ0v) is 22.8. The zero-order valence-electron chi connectivity index (χ0n) is 22.8. The molecule has 10 heteroatoms. The molecule has 2 aromatic carbocycles. The number of aromatic nitrogens is 2. The molecule has 210 valence electrons. The third-order valence-electron chi connectivity index (χ3n) is 7.51. The van der Waals surface area contributed by atoms with E-state index in [1.54, 1.807) is 20.1 Å². The third kappa shape index (κ3) is 5.77. The fraction of sp³-hybridized carbons (Fsp3) is 0.367. The van der Waals surface area contributed by atoms with E-state index in [1.165, 1.54) is 30.6 Å². The van der Waals surface area contributed by atoms with Gasteiger partial charge in [-0.05, 0) is 80.6 Å². The van der Waals surface area contributed by atoms with Gasteiger partial charge in [0.15, 0.2) is 11.6 Å². The number of hydrogen-bond donors (Lipinski definition) is 2. The fourth-order valence-electron chi connectivity index (χ4n) is 5.14. The number of anilines is 2. The average molecular weight is 550 g/mol. The van der Waals surface area contributed by atoms with Crippen molar-refractivity contribution in [3.8, 4) is 17.0 Å². The van der Waals surface area contributed by atoms with Crippen molar-refractivity contribution in [3.63, 3.8) is 0 Å². The standard InChI is InChI=1S/C30H33F2N5O3/c1-4-9-37-14-22(39-3)13-21(37)15-40-28-27(34-16-35-29(28)33)24-11-20(31)12-26(17(24)2)36-30(38)23-8-7-19(10-25(23)32)18-5-6-18/h4,7-12,16,18,21-22H,5-6,13-15H2,1-3H3,(H,36,38)(H2,33,34,35)/t21-,22-/m0/s1. The Labute approximate surface area is 232 Å². The number of amides is 1. The average Bonchev–Trinajstić information content (AvgIpc) is 3.71. The van der Waals surface area contributed by atoms with Gasteiger partial charge < -0.3 is 25.4 Å². The van der Waals surface area contributed by atoms with Crippen molar-refractivity contribution >= 4 is 17.4 Å². The number of carbonyl (C=O) groups is 1. The van der Waals surface area contributed by atoms with Crippen LogP contribution in [0, 0.1) is 18.6 Å². The molecule has 3 aromatic rings. The molecule has 8 nitrogen and oxygen atoms in total. The van der Waals surface area contributed by atoms with Crippen LogP contribution in [0.25, 0.3) is 11.3 Å². The second-order valence-electron chi connectivity index (χ2n) is 10.3. The first kappa shape index (κ1) is 27.5. The predicted octanol–water partition coefficient (Wildman–Crippen LogP) is 5.44. The van der Waals surface area contributed by atoms with Crippen molar-refractivity contribution in [2.75, 3.05) is 31.3 Å². The zero-order chi connectivity index (χ0) is 28.4. The number of nitrogens with one attached hydrogen (secondary N) is 1. The molecule has 0 radical (unpaired) electrons. The molecule has 40 heavy (non-hydrogen) atoms. The molecule has 2 fully saturated rings. The Hall–Kier alpha value is -4.05. The van der Waals surface area contributed by atoms with Crippen LogP contribution in [0.2, 0.25) is 0 Å². The number of hydrogen-bond acceptors (Lipinski definition) is 7. The number of ether oxygens (including phenoxy) is 2. The lowest BCUT2D eigenvalue weighted by molar-refractivity contribution is 0.102. The van der Waals surface area contributed by atoms with Gasteiger partial charge >= 0.3 is 0 Å². The third-order valence-corrected chi connectivity index (χ3v) is 7.51. The lowest BCUT2D eigenvalue weighted by atomic mass is 10.0. The molecule has 1 saturated heterocycles. The highest BCUT2D eigenvalue weighted by atomic mass is 19.1. The molecule has 1 aromatic heterocycles. The molecule has 2 heterocycles. The van der Waals surface area contributed by atoms with Gasteiger partial charge in [-0.15, -0.1) is 0 Å². The van der Waals surface area contributed by atoms with Crippen LogP contribution < -0.4 is 15.8 Å². The van der Waals surface area contributed by atoms with E-state index in [9.17, 15) is 13.6 Å². The molecule has 2 aliphatic rings. The molecule has 3 N–H and O–H groups in total. The number of methoxy groups -OCH3 is 1. The minimum Gasteiger partial charge on any atom is -0.485 e. The first-order valence-corrected chi connectivity index (χ1v) is 13.3. The number of nitrogens with two attached hydrogens (primary N) is 1. The first-order chi connectivity index (χ1) is 19.3. The molecule has 1 saturated carbocycles. The van der Waals surface area contributed by atoms with E-state index in [0.717, 1.165) is 31.4 Å². The maximum Gasteiger partial charge on any atom is 0.258 e. The summed E-state index contributed by atoms with van der Waals surface area (Å²) in [5.74, 6) is -1.20. The van der Waals surface area contributed by atoms with Crippen molar-refractivity contribution in [1.29, 1.82) is 0 Å². The number of benzene rings is 2. The van der Waals surface area contributed by atoms with Gasteiger partial charge in [-0.1, -0.05) is 12.1 Å². The topological polar surface area (TPSA) is 103 Å². The summed E-state index contributed by atoms with van der Waals surface area (Å²) in [4.78, 5) is 23.6. The number of rotatable bonds is 9. The van der Waals surface area contributed by atoms with Crippen LogP contribution in [0.15, 0.2) is 48.9 Å². The number of carbonyl (C=O) groups excluding carboxylic acids is 1. The van der Waals surface area contributed by atoms with E-state index in [0.29, 0.717) is 22.7 Å². The molecule has 1 aliphatic carbocycles. The van der Waals surface area contributed by atoms with E-state index < -0.39 is 17.5 Å². The van der Waals surface area contributed by atoms with Crippen LogP contribution in [-0.4, -0.2) is 53.2 Å². The molecule has 1 aliphatic heterocycles. The fourth-order valence-corrected chi connectivity index (χ4v) is 5.14. The van der Waals surface area contributed by atoms with Gasteiger partial charge in [-0.3, -0.25) is 4.79 Å². The molecule has 2 atom stereocenters. The smallest absolute Gasteiger partial charge is 0.258 e. The highest BCUT2D eigenvalue weighted by molar-refractivity contribution is 6.05. The highest BCUT2D eigenvalue weighted by Crippen LogP contribution is 2.41. The Morgan fingerprint density at radius 1 is 1.23 bits per heavy atom. The van der Waals surface area contributed by atoms with E-state index in [2.05, 4.69) is 20.2 Å². The minimum absolute atomic E-state index is 0.0262. The van der Waals surface area contributed by atoms with Gasteiger partial charge in [0.1, 0.15) is 30.3 Å². The molecule has 1 amide bonds. The summed E-state index contributed by atoms with van der Waals surface area (Å²) in [6.45, 7) is 4.67. The summed E-state index contributed by atoms with van der Waals surface area (Å²) in [5, 5.41) is 2.66. The second-order valence-corrected chi connectivity index (χ2v) is 10.3. The van der Waals surface area contributed by atoms with Crippen molar-refractivity contribution in [1.82, 2.24) is 14.9 Å². The molecular formula is C30H33F2N5O3.